The van der Waals surface area contributed by atoms with Crippen molar-refractivity contribution in [3.05, 3.63) is 29.3 Å². The number of carbonyl (C=O) groups is 1. The number of ether oxygens (including phenoxy) is 2. The number of aliphatic carboxylic acids is 1. The van der Waals surface area contributed by atoms with Crippen LogP contribution in [0.3, 0.4) is 0 Å². The number of benzene rings is 1. The second-order valence-electron chi connectivity index (χ2n) is 3.57. The van der Waals surface area contributed by atoms with Crippen molar-refractivity contribution in [1.82, 2.24) is 0 Å². The molecular formula is C12H16O4. The van der Waals surface area contributed by atoms with Gasteiger partial charge in [0.15, 0.2) is 6.10 Å². The van der Waals surface area contributed by atoms with Gasteiger partial charge in [0.25, 0.3) is 0 Å². The number of aryl methyl sites for hydroxylation is 1. The van der Waals surface area contributed by atoms with E-state index in [0.29, 0.717) is 6.42 Å². The van der Waals surface area contributed by atoms with Gasteiger partial charge in [0.1, 0.15) is 5.75 Å². The highest BCUT2D eigenvalue weighted by Crippen LogP contribution is 2.20. The van der Waals surface area contributed by atoms with E-state index in [-0.39, 0.29) is 0 Å². The summed E-state index contributed by atoms with van der Waals surface area (Å²) >= 11 is 0. The van der Waals surface area contributed by atoms with Crippen molar-refractivity contribution in [1.29, 1.82) is 0 Å². The van der Waals surface area contributed by atoms with Gasteiger partial charge in [-0.15, -0.1) is 0 Å². The highest BCUT2D eigenvalue weighted by atomic mass is 16.5. The van der Waals surface area contributed by atoms with Gasteiger partial charge in [0, 0.05) is 13.5 Å². The Morgan fingerprint density at radius 2 is 2.12 bits per heavy atom. The van der Waals surface area contributed by atoms with Gasteiger partial charge in [0.2, 0.25) is 0 Å². The molecule has 0 saturated carbocycles. The molecule has 4 heteroatoms. The van der Waals surface area contributed by atoms with Crippen molar-refractivity contribution in [2.45, 2.75) is 19.4 Å². The van der Waals surface area contributed by atoms with Crippen LogP contribution in [-0.2, 0) is 16.0 Å². The SMILES string of the molecule is COc1cc(CC(OC)C(=O)O)ccc1C. The third-order valence-corrected chi connectivity index (χ3v) is 2.45. The Bertz CT molecular complexity index is 373. The van der Waals surface area contributed by atoms with Gasteiger partial charge in [0.05, 0.1) is 7.11 Å². The van der Waals surface area contributed by atoms with Crippen LogP contribution in [0.15, 0.2) is 18.2 Å². The lowest BCUT2D eigenvalue weighted by atomic mass is 10.1. The molecule has 0 bridgehead atoms. The monoisotopic (exact) mass is 224 g/mol. The van der Waals surface area contributed by atoms with Gasteiger partial charge >= 0.3 is 5.97 Å². The Labute approximate surface area is 94.8 Å². The van der Waals surface area contributed by atoms with E-state index in [0.717, 1.165) is 16.9 Å². The molecule has 1 N–H and O–H groups in total. The number of hydrogen-bond donors (Lipinski definition) is 1. The molecule has 1 aromatic rings. The molecule has 0 aromatic heterocycles. The van der Waals surface area contributed by atoms with Gasteiger partial charge in [-0.25, -0.2) is 4.79 Å². The molecule has 4 nitrogen and oxygen atoms in total. The molecule has 0 saturated heterocycles. The van der Waals surface area contributed by atoms with E-state index >= 15 is 0 Å². The van der Waals surface area contributed by atoms with Crippen molar-refractivity contribution in [3.8, 4) is 5.75 Å². The molecule has 0 radical (unpaired) electrons. The number of carboxylic acid groups (broad SMARTS) is 1. The minimum atomic E-state index is -0.956. The molecule has 0 aliphatic rings. The first-order valence-electron chi connectivity index (χ1n) is 4.97. The van der Waals surface area contributed by atoms with Crippen LogP contribution >= 0.6 is 0 Å². The fraction of sp³-hybridized carbons (Fsp3) is 0.417. The van der Waals surface area contributed by atoms with Crippen LogP contribution in [0.25, 0.3) is 0 Å². The minimum absolute atomic E-state index is 0.336. The van der Waals surface area contributed by atoms with E-state index in [2.05, 4.69) is 0 Å². The van der Waals surface area contributed by atoms with Gasteiger partial charge in [-0.2, -0.15) is 0 Å². The van der Waals surface area contributed by atoms with Crippen LogP contribution in [0, 0.1) is 6.92 Å². The predicted molar refractivity (Wildman–Crippen MR) is 59.9 cm³/mol. The standard InChI is InChI=1S/C12H16O4/c1-8-4-5-9(6-10(8)15-2)7-11(16-3)12(13)14/h4-6,11H,7H2,1-3H3,(H,13,14). The first-order valence-corrected chi connectivity index (χ1v) is 4.97. The summed E-state index contributed by atoms with van der Waals surface area (Å²) in [7, 11) is 2.99. The molecule has 1 unspecified atom stereocenters. The minimum Gasteiger partial charge on any atom is -0.496 e. The summed E-state index contributed by atoms with van der Waals surface area (Å²) in [6, 6.07) is 5.62. The summed E-state index contributed by atoms with van der Waals surface area (Å²) < 4.78 is 10.1. The van der Waals surface area contributed by atoms with E-state index in [9.17, 15) is 4.79 Å². The molecule has 0 aliphatic carbocycles. The summed E-state index contributed by atoms with van der Waals surface area (Å²) in [5, 5.41) is 8.86. The topological polar surface area (TPSA) is 55.8 Å². The highest BCUT2D eigenvalue weighted by Gasteiger charge is 2.17. The maximum absolute atomic E-state index is 10.8. The Balaban J connectivity index is 2.84. The highest BCUT2D eigenvalue weighted by molar-refractivity contribution is 5.72. The van der Waals surface area contributed by atoms with Crippen molar-refractivity contribution < 1.29 is 19.4 Å². The van der Waals surface area contributed by atoms with Crippen molar-refractivity contribution in [2.75, 3.05) is 14.2 Å². The number of carboxylic acids is 1. The molecule has 1 aromatic carbocycles. The Morgan fingerprint density at radius 1 is 1.44 bits per heavy atom. The summed E-state index contributed by atoms with van der Waals surface area (Å²) in [6.07, 6.45) is -0.477. The van der Waals surface area contributed by atoms with E-state index in [1.165, 1.54) is 7.11 Å². The van der Waals surface area contributed by atoms with Gasteiger partial charge in [-0.05, 0) is 24.1 Å². The zero-order valence-corrected chi connectivity index (χ0v) is 9.69. The van der Waals surface area contributed by atoms with Crippen molar-refractivity contribution in [2.24, 2.45) is 0 Å². The number of hydrogen-bond acceptors (Lipinski definition) is 3. The average Bonchev–Trinajstić information content (AvgIpc) is 2.27. The van der Waals surface area contributed by atoms with E-state index in [4.69, 9.17) is 14.6 Å². The number of rotatable bonds is 5. The Hall–Kier alpha value is -1.55. The van der Waals surface area contributed by atoms with Gasteiger partial charge < -0.3 is 14.6 Å². The Kier molecular flexibility index (Phi) is 4.31. The summed E-state index contributed by atoms with van der Waals surface area (Å²) in [6.45, 7) is 1.94. The van der Waals surface area contributed by atoms with E-state index in [1.54, 1.807) is 7.11 Å². The molecule has 1 rings (SSSR count). The number of methoxy groups -OCH3 is 2. The smallest absolute Gasteiger partial charge is 0.333 e. The van der Waals surface area contributed by atoms with Crippen LogP contribution in [0.4, 0.5) is 0 Å². The van der Waals surface area contributed by atoms with Gasteiger partial charge in [-0.3, -0.25) is 0 Å². The lowest BCUT2D eigenvalue weighted by Crippen LogP contribution is -2.24. The van der Waals surface area contributed by atoms with Crippen LogP contribution in [0.2, 0.25) is 0 Å². The third kappa shape index (κ3) is 2.97. The molecule has 1 atom stereocenters. The zero-order valence-electron chi connectivity index (χ0n) is 9.69. The van der Waals surface area contributed by atoms with Crippen LogP contribution in [0.1, 0.15) is 11.1 Å². The average molecular weight is 224 g/mol. The molecule has 0 aliphatic heterocycles. The quantitative estimate of drug-likeness (QED) is 0.826. The molecule has 0 heterocycles. The molecular weight excluding hydrogens is 208 g/mol. The van der Waals surface area contributed by atoms with Crippen molar-refractivity contribution >= 4 is 5.97 Å². The normalized spacial score (nSPS) is 12.2. The Morgan fingerprint density at radius 3 is 2.62 bits per heavy atom. The van der Waals surface area contributed by atoms with Crippen LogP contribution < -0.4 is 4.74 Å². The van der Waals surface area contributed by atoms with Crippen LogP contribution in [0.5, 0.6) is 5.75 Å². The van der Waals surface area contributed by atoms with E-state index < -0.39 is 12.1 Å². The summed E-state index contributed by atoms with van der Waals surface area (Å²) in [4.78, 5) is 10.8. The maximum atomic E-state index is 10.8. The fourth-order valence-electron chi connectivity index (χ4n) is 1.48. The molecule has 0 fully saturated rings. The summed E-state index contributed by atoms with van der Waals surface area (Å²) in [5.74, 6) is -0.195. The largest absolute Gasteiger partial charge is 0.496 e. The summed E-state index contributed by atoms with van der Waals surface area (Å²) in [5.41, 5.74) is 1.91. The van der Waals surface area contributed by atoms with Gasteiger partial charge in [-0.1, -0.05) is 12.1 Å². The van der Waals surface area contributed by atoms with E-state index in [1.807, 2.05) is 25.1 Å². The molecule has 0 amide bonds. The third-order valence-electron chi connectivity index (χ3n) is 2.45. The second kappa shape index (κ2) is 5.51. The first kappa shape index (κ1) is 12.5. The molecule has 16 heavy (non-hydrogen) atoms. The maximum Gasteiger partial charge on any atom is 0.333 e. The van der Waals surface area contributed by atoms with Crippen molar-refractivity contribution in [3.63, 3.8) is 0 Å². The molecule has 0 spiro atoms. The fourth-order valence-corrected chi connectivity index (χ4v) is 1.48. The predicted octanol–water partition coefficient (Wildman–Crippen LogP) is 1.65. The zero-order chi connectivity index (χ0) is 12.1. The lowest BCUT2D eigenvalue weighted by molar-refractivity contribution is -0.148. The van der Waals surface area contributed by atoms with Crippen LogP contribution in [-0.4, -0.2) is 31.4 Å². The lowest BCUT2D eigenvalue weighted by Gasteiger charge is -2.12. The second-order valence-corrected chi connectivity index (χ2v) is 3.57. The molecule has 88 valence electrons. The first-order chi connectivity index (χ1) is 7.58.